The Morgan fingerprint density at radius 2 is 2.00 bits per heavy atom. The van der Waals surface area contributed by atoms with E-state index in [-0.39, 0.29) is 17.6 Å². The van der Waals surface area contributed by atoms with Gasteiger partial charge in [-0.05, 0) is 30.0 Å². The van der Waals surface area contributed by atoms with E-state index in [0.717, 1.165) is 5.56 Å². The lowest BCUT2D eigenvalue weighted by molar-refractivity contribution is -0.140. The van der Waals surface area contributed by atoms with E-state index in [1.807, 2.05) is 4.90 Å². The van der Waals surface area contributed by atoms with Crippen LogP contribution in [-0.2, 0) is 16.0 Å². The Labute approximate surface area is 130 Å². The third-order valence-electron chi connectivity index (χ3n) is 4.02. The fourth-order valence-electron chi connectivity index (χ4n) is 2.53. The van der Waals surface area contributed by atoms with Crippen molar-refractivity contribution in [3.05, 3.63) is 35.4 Å². The molecular weight excluding hydrogens is 282 g/mol. The standard InChI is InChI=1S/C17H23NO4/c1-12(2)15-11-18(9-10-22-15)16(19)8-5-13-3-6-14(7-4-13)17(20)21/h3-4,6-7,12,15H,5,8-11H2,1-2H3,(H,20,21). The minimum absolute atomic E-state index is 0.118. The lowest BCUT2D eigenvalue weighted by atomic mass is 10.0. The predicted octanol–water partition coefficient (Wildman–Crippen LogP) is 2.20. The predicted molar refractivity (Wildman–Crippen MR) is 82.9 cm³/mol. The molecule has 0 spiro atoms. The molecule has 1 amide bonds. The van der Waals surface area contributed by atoms with Gasteiger partial charge in [0.15, 0.2) is 0 Å². The zero-order valence-electron chi connectivity index (χ0n) is 13.1. The molecule has 2 rings (SSSR count). The van der Waals surface area contributed by atoms with Gasteiger partial charge in [-0.25, -0.2) is 4.79 Å². The van der Waals surface area contributed by atoms with Crippen molar-refractivity contribution in [2.45, 2.75) is 32.8 Å². The summed E-state index contributed by atoms with van der Waals surface area (Å²) in [4.78, 5) is 25.0. The topological polar surface area (TPSA) is 66.8 Å². The summed E-state index contributed by atoms with van der Waals surface area (Å²) in [6.45, 7) is 6.11. The van der Waals surface area contributed by atoms with Gasteiger partial charge in [0.1, 0.15) is 0 Å². The van der Waals surface area contributed by atoms with Crippen molar-refractivity contribution in [2.75, 3.05) is 19.7 Å². The maximum atomic E-state index is 12.3. The lowest BCUT2D eigenvalue weighted by Crippen LogP contribution is -2.47. The van der Waals surface area contributed by atoms with E-state index in [4.69, 9.17) is 9.84 Å². The number of carboxylic acids is 1. The summed E-state index contributed by atoms with van der Waals surface area (Å²) >= 11 is 0. The summed E-state index contributed by atoms with van der Waals surface area (Å²) in [6.07, 6.45) is 1.19. The molecule has 1 saturated heterocycles. The minimum Gasteiger partial charge on any atom is -0.478 e. The Hall–Kier alpha value is -1.88. The maximum absolute atomic E-state index is 12.3. The molecule has 22 heavy (non-hydrogen) atoms. The van der Waals surface area contributed by atoms with Crippen molar-refractivity contribution in [3.63, 3.8) is 0 Å². The smallest absolute Gasteiger partial charge is 0.335 e. The van der Waals surface area contributed by atoms with Gasteiger partial charge in [0.2, 0.25) is 5.91 Å². The van der Waals surface area contributed by atoms with Crippen molar-refractivity contribution < 1.29 is 19.4 Å². The van der Waals surface area contributed by atoms with E-state index < -0.39 is 5.97 Å². The second kappa shape index (κ2) is 7.40. The Balaban J connectivity index is 1.85. The van der Waals surface area contributed by atoms with Gasteiger partial charge in [-0.15, -0.1) is 0 Å². The molecule has 1 atom stereocenters. The molecule has 1 heterocycles. The highest BCUT2D eigenvalue weighted by Gasteiger charge is 2.25. The number of hydrogen-bond donors (Lipinski definition) is 1. The number of hydrogen-bond acceptors (Lipinski definition) is 3. The van der Waals surface area contributed by atoms with Crippen LogP contribution in [0.3, 0.4) is 0 Å². The number of morpholine rings is 1. The second-order valence-electron chi connectivity index (χ2n) is 6.00. The average Bonchev–Trinajstić information content (AvgIpc) is 2.53. The minimum atomic E-state index is -0.935. The number of carbonyl (C=O) groups excluding carboxylic acids is 1. The normalized spacial score (nSPS) is 18.5. The van der Waals surface area contributed by atoms with Crippen LogP contribution in [0.15, 0.2) is 24.3 Å². The van der Waals surface area contributed by atoms with Crippen LogP contribution < -0.4 is 0 Å². The molecule has 1 fully saturated rings. The van der Waals surface area contributed by atoms with E-state index in [9.17, 15) is 9.59 Å². The van der Waals surface area contributed by atoms with Gasteiger partial charge in [-0.1, -0.05) is 26.0 Å². The van der Waals surface area contributed by atoms with E-state index in [0.29, 0.717) is 38.5 Å². The van der Waals surface area contributed by atoms with Crippen LogP contribution in [0.5, 0.6) is 0 Å². The number of carboxylic acid groups (broad SMARTS) is 1. The highest BCUT2D eigenvalue weighted by molar-refractivity contribution is 5.87. The summed E-state index contributed by atoms with van der Waals surface area (Å²) in [6, 6.07) is 6.69. The third kappa shape index (κ3) is 4.31. The largest absolute Gasteiger partial charge is 0.478 e. The summed E-state index contributed by atoms with van der Waals surface area (Å²) in [5.74, 6) is -0.397. The number of carbonyl (C=O) groups is 2. The molecule has 1 aromatic rings. The van der Waals surface area contributed by atoms with Crippen LogP contribution in [0.25, 0.3) is 0 Å². The van der Waals surface area contributed by atoms with Crippen LogP contribution in [0, 0.1) is 5.92 Å². The molecule has 1 aliphatic rings. The van der Waals surface area contributed by atoms with Crippen LogP contribution in [0.4, 0.5) is 0 Å². The van der Waals surface area contributed by atoms with Crippen LogP contribution in [0.1, 0.15) is 36.2 Å². The molecule has 1 N–H and O–H groups in total. The van der Waals surface area contributed by atoms with E-state index in [1.165, 1.54) is 0 Å². The van der Waals surface area contributed by atoms with Gasteiger partial charge in [-0.3, -0.25) is 4.79 Å². The van der Waals surface area contributed by atoms with Gasteiger partial charge in [0.05, 0.1) is 18.3 Å². The van der Waals surface area contributed by atoms with Crippen molar-refractivity contribution in [2.24, 2.45) is 5.92 Å². The first kappa shape index (κ1) is 16.5. The number of amides is 1. The molecule has 0 aliphatic carbocycles. The molecule has 120 valence electrons. The Kier molecular flexibility index (Phi) is 5.55. The first-order chi connectivity index (χ1) is 10.5. The molecule has 1 aromatic carbocycles. The number of nitrogens with zero attached hydrogens (tertiary/aromatic N) is 1. The third-order valence-corrected chi connectivity index (χ3v) is 4.02. The fourth-order valence-corrected chi connectivity index (χ4v) is 2.53. The molecule has 5 heteroatoms. The van der Waals surface area contributed by atoms with Crippen molar-refractivity contribution in [1.82, 2.24) is 4.90 Å². The van der Waals surface area contributed by atoms with Crippen LogP contribution >= 0.6 is 0 Å². The van der Waals surface area contributed by atoms with Crippen LogP contribution in [-0.4, -0.2) is 47.7 Å². The van der Waals surface area contributed by atoms with Gasteiger partial charge in [-0.2, -0.15) is 0 Å². The summed E-state index contributed by atoms with van der Waals surface area (Å²) in [5.41, 5.74) is 1.25. The first-order valence-corrected chi connectivity index (χ1v) is 7.69. The van der Waals surface area contributed by atoms with E-state index in [1.54, 1.807) is 24.3 Å². The fraction of sp³-hybridized carbons (Fsp3) is 0.529. The van der Waals surface area contributed by atoms with Gasteiger partial charge in [0.25, 0.3) is 0 Å². The quantitative estimate of drug-likeness (QED) is 0.905. The lowest BCUT2D eigenvalue weighted by Gasteiger charge is -2.35. The molecule has 1 unspecified atom stereocenters. The monoisotopic (exact) mass is 305 g/mol. The first-order valence-electron chi connectivity index (χ1n) is 7.69. The highest BCUT2D eigenvalue weighted by Crippen LogP contribution is 2.15. The zero-order valence-corrected chi connectivity index (χ0v) is 13.1. The molecule has 1 aliphatic heterocycles. The number of aryl methyl sites for hydroxylation is 1. The molecule has 0 bridgehead atoms. The highest BCUT2D eigenvalue weighted by atomic mass is 16.5. The number of benzene rings is 1. The SMILES string of the molecule is CC(C)C1CN(C(=O)CCc2ccc(C(=O)O)cc2)CCO1. The van der Waals surface area contributed by atoms with Crippen molar-refractivity contribution >= 4 is 11.9 Å². The van der Waals surface area contributed by atoms with Crippen LogP contribution in [0.2, 0.25) is 0 Å². The Morgan fingerprint density at radius 1 is 1.32 bits per heavy atom. The molecule has 5 nitrogen and oxygen atoms in total. The second-order valence-corrected chi connectivity index (χ2v) is 6.00. The summed E-state index contributed by atoms with van der Waals surface area (Å²) < 4.78 is 5.67. The number of ether oxygens (including phenoxy) is 1. The zero-order chi connectivity index (χ0) is 16.1. The summed E-state index contributed by atoms with van der Waals surface area (Å²) in [7, 11) is 0. The maximum Gasteiger partial charge on any atom is 0.335 e. The molecule has 0 radical (unpaired) electrons. The average molecular weight is 305 g/mol. The van der Waals surface area contributed by atoms with Crippen molar-refractivity contribution in [1.29, 1.82) is 0 Å². The molecular formula is C17H23NO4. The molecule has 0 aromatic heterocycles. The number of aromatic carboxylic acids is 1. The van der Waals surface area contributed by atoms with Crippen molar-refractivity contribution in [3.8, 4) is 0 Å². The Morgan fingerprint density at radius 3 is 2.59 bits per heavy atom. The summed E-state index contributed by atoms with van der Waals surface area (Å²) in [5, 5.41) is 8.86. The van der Waals surface area contributed by atoms with E-state index >= 15 is 0 Å². The van der Waals surface area contributed by atoms with E-state index in [2.05, 4.69) is 13.8 Å². The van der Waals surface area contributed by atoms with Gasteiger partial charge in [0, 0.05) is 19.5 Å². The Bertz CT molecular complexity index is 524. The molecule has 0 saturated carbocycles. The number of rotatable bonds is 5. The van der Waals surface area contributed by atoms with Gasteiger partial charge < -0.3 is 14.7 Å². The van der Waals surface area contributed by atoms with Gasteiger partial charge >= 0.3 is 5.97 Å².